The molecule has 2 aliphatic carbocycles. The third-order valence-electron chi connectivity index (χ3n) is 6.15. The smallest absolute Gasteiger partial charge is 0.313 e. The predicted molar refractivity (Wildman–Crippen MR) is 103 cm³/mol. The molecule has 4 rings (SSSR count). The molecule has 0 spiro atoms. The molecule has 2 saturated carbocycles. The number of benzene rings is 1. The fraction of sp³-hybridized carbons (Fsp3) is 0.524. The second-order valence-corrected chi connectivity index (χ2v) is 8.07. The number of hydrogen-bond donors (Lipinski definition) is 1. The van der Waals surface area contributed by atoms with Gasteiger partial charge in [0.25, 0.3) is 0 Å². The number of alkyl halides is 4. The average Bonchev–Trinajstić information content (AvgIpc) is 2.96. The molecular weight excluding hydrogens is 402 g/mol. The molecule has 0 unspecified atom stereocenters. The second kappa shape index (κ2) is 7.28. The number of aryl methyl sites for hydroxylation is 1. The van der Waals surface area contributed by atoms with E-state index in [1.54, 1.807) is 14.2 Å². The van der Waals surface area contributed by atoms with E-state index >= 15 is 0 Å². The highest BCUT2D eigenvalue weighted by molar-refractivity contribution is 5.92. The lowest BCUT2D eigenvalue weighted by atomic mass is 9.74. The number of amides is 1. The highest BCUT2D eigenvalue weighted by Gasteiger charge is 2.71. The van der Waals surface area contributed by atoms with Crippen LogP contribution in [0.3, 0.4) is 0 Å². The van der Waals surface area contributed by atoms with Crippen LogP contribution in [0.4, 0.5) is 23.4 Å². The summed E-state index contributed by atoms with van der Waals surface area (Å²) in [6.07, 6.45) is 1.29. The highest BCUT2D eigenvalue weighted by Crippen LogP contribution is 2.56. The summed E-state index contributed by atoms with van der Waals surface area (Å²) in [6, 6.07) is 7.36. The van der Waals surface area contributed by atoms with Crippen molar-refractivity contribution in [2.45, 2.75) is 49.9 Å². The summed E-state index contributed by atoms with van der Waals surface area (Å²) in [6.45, 7) is 0. The molecule has 1 aromatic heterocycles. The molecule has 0 radical (unpaired) electrons. The highest BCUT2D eigenvalue weighted by atomic mass is 19.3. The predicted octanol–water partition coefficient (Wildman–Crippen LogP) is 4.98. The number of ether oxygens (including phenoxy) is 1. The number of rotatable bonds is 6. The van der Waals surface area contributed by atoms with Crippen LogP contribution in [0.25, 0.3) is 11.3 Å². The number of nitrogens with zero attached hydrogens (tertiary/aromatic N) is 2. The molecule has 2 aliphatic rings. The topological polar surface area (TPSA) is 56.1 Å². The van der Waals surface area contributed by atoms with E-state index in [2.05, 4.69) is 10.4 Å². The van der Waals surface area contributed by atoms with E-state index in [9.17, 15) is 22.4 Å². The Morgan fingerprint density at radius 1 is 1.23 bits per heavy atom. The molecule has 2 fully saturated rings. The molecule has 0 aliphatic heterocycles. The molecule has 9 heteroatoms. The van der Waals surface area contributed by atoms with Gasteiger partial charge in [0.05, 0.1) is 12.8 Å². The quantitative estimate of drug-likeness (QED) is 0.664. The van der Waals surface area contributed by atoms with E-state index < -0.39 is 36.5 Å². The number of nitrogens with one attached hydrogen (secondary N) is 1. The van der Waals surface area contributed by atoms with Gasteiger partial charge in [-0.05, 0) is 43.0 Å². The van der Waals surface area contributed by atoms with E-state index in [1.807, 2.05) is 24.3 Å². The molecule has 5 nitrogen and oxygen atoms in total. The van der Waals surface area contributed by atoms with Gasteiger partial charge in [-0.2, -0.15) is 22.7 Å². The van der Waals surface area contributed by atoms with Crippen LogP contribution in [0.2, 0.25) is 0 Å². The van der Waals surface area contributed by atoms with Crippen molar-refractivity contribution in [2.24, 2.45) is 13.0 Å². The SMILES string of the molecule is COc1ccc(-c2nn(C)c(NC(=O)C[C@@H]3CC(F)(F)C3(F)F)c2C2CCC2)cc1. The van der Waals surface area contributed by atoms with Crippen LogP contribution in [-0.2, 0) is 11.8 Å². The summed E-state index contributed by atoms with van der Waals surface area (Å²) < 4.78 is 60.0. The maximum absolute atomic E-state index is 13.6. The zero-order valence-electron chi connectivity index (χ0n) is 16.7. The van der Waals surface area contributed by atoms with Gasteiger partial charge in [-0.15, -0.1) is 0 Å². The first-order valence-electron chi connectivity index (χ1n) is 9.91. The molecule has 2 aromatic rings. The number of hydrogen-bond acceptors (Lipinski definition) is 3. The fourth-order valence-electron chi connectivity index (χ4n) is 4.08. The Morgan fingerprint density at radius 3 is 2.40 bits per heavy atom. The van der Waals surface area contributed by atoms with Gasteiger partial charge >= 0.3 is 11.8 Å². The minimum Gasteiger partial charge on any atom is -0.497 e. The van der Waals surface area contributed by atoms with Gasteiger partial charge in [-0.1, -0.05) is 6.42 Å². The summed E-state index contributed by atoms with van der Waals surface area (Å²) in [7, 11) is 3.24. The standard InChI is InChI=1S/C21H23F4N3O2/c1-28-19(26-16(29)10-14-11-20(22,23)21(14,24)25)17(12-4-3-5-12)18(27-28)13-6-8-15(30-2)9-7-13/h6-9,12,14H,3-5,10-11H2,1-2H3,(H,26,29)/t14-/m1/s1. The Hall–Kier alpha value is -2.58. The Balaban J connectivity index is 1.58. The molecule has 0 saturated heterocycles. The number of methoxy groups -OCH3 is 1. The van der Waals surface area contributed by atoms with Crippen molar-refractivity contribution >= 4 is 11.7 Å². The van der Waals surface area contributed by atoms with Crippen molar-refractivity contribution in [2.75, 3.05) is 12.4 Å². The average molecular weight is 425 g/mol. The normalized spacial score (nSPS) is 22.1. The number of anilines is 1. The summed E-state index contributed by atoms with van der Waals surface area (Å²) in [5.74, 6) is -9.23. The van der Waals surface area contributed by atoms with Gasteiger partial charge in [0.1, 0.15) is 11.6 Å². The Kier molecular flexibility index (Phi) is 5.02. The molecular formula is C21H23F4N3O2. The van der Waals surface area contributed by atoms with Crippen LogP contribution in [0.15, 0.2) is 24.3 Å². The molecule has 1 atom stereocenters. The van der Waals surface area contributed by atoms with Crippen LogP contribution < -0.4 is 10.1 Å². The van der Waals surface area contributed by atoms with E-state index in [0.717, 1.165) is 30.4 Å². The van der Waals surface area contributed by atoms with Gasteiger partial charge in [0, 0.05) is 36.9 Å². The molecule has 1 aromatic carbocycles. The van der Waals surface area contributed by atoms with Crippen molar-refractivity contribution in [3.05, 3.63) is 29.8 Å². The number of carbonyl (C=O) groups excluding carboxylic acids is 1. The summed E-state index contributed by atoms with van der Waals surface area (Å²) in [5.41, 5.74) is 2.41. The largest absolute Gasteiger partial charge is 0.497 e. The van der Waals surface area contributed by atoms with E-state index in [1.165, 1.54) is 4.68 Å². The fourth-order valence-corrected chi connectivity index (χ4v) is 4.08. The van der Waals surface area contributed by atoms with E-state index in [0.29, 0.717) is 17.3 Å². The van der Waals surface area contributed by atoms with Crippen molar-refractivity contribution in [3.8, 4) is 17.0 Å². The van der Waals surface area contributed by atoms with Gasteiger partial charge in [-0.25, -0.2) is 0 Å². The summed E-state index contributed by atoms with van der Waals surface area (Å²) in [5, 5.41) is 7.21. The molecule has 1 amide bonds. The van der Waals surface area contributed by atoms with Crippen LogP contribution in [0.5, 0.6) is 5.75 Å². The minimum atomic E-state index is -4.15. The zero-order chi connectivity index (χ0) is 21.7. The lowest BCUT2D eigenvalue weighted by Gasteiger charge is -2.43. The first kappa shape index (κ1) is 20.7. The maximum Gasteiger partial charge on any atom is 0.313 e. The lowest BCUT2D eigenvalue weighted by Crippen LogP contribution is -2.59. The van der Waals surface area contributed by atoms with Crippen molar-refractivity contribution in [1.29, 1.82) is 0 Å². The van der Waals surface area contributed by atoms with Crippen molar-refractivity contribution in [3.63, 3.8) is 0 Å². The molecule has 30 heavy (non-hydrogen) atoms. The Bertz CT molecular complexity index is 952. The van der Waals surface area contributed by atoms with Gasteiger partial charge in [0.2, 0.25) is 5.91 Å². The van der Waals surface area contributed by atoms with E-state index in [-0.39, 0.29) is 5.92 Å². The zero-order valence-corrected chi connectivity index (χ0v) is 16.7. The summed E-state index contributed by atoms with van der Waals surface area (Å²) >= 11 is 0. The minimum absolute atomic E-state index is 0.195. The van der Waals surface area contributed by atoms with Gasteiger partial charge in [-0.3, -0.25) is 9.48 Å². The third-order valence-corrected chi connectivity index (χ3v) is 6.15. The van der Waals surface area contributed by atoms with Crippen LogP contribution in [0, 0.1) is 5.92 Å². The van der Waals surface area contributed by atoms with Crippen molar-refractivity contribution in [1.82, 2.24) is 9.78 Å². The molecule has 0 bridgehead atoms. The molecule has 1 N–H and O–H groups in total. The molecule has 162 valence electrons. The molecule has 1 heterocycles. The van der Waals surface area contributed by atoms with Gasteiger partial charge in [0.15, 0.2) is 0 Å². The lowest BCUT2D eigenvalue weighted by molar-refractivity contribution is -0.313. The van der Waals surface area contributed by atoms with Gasteiger partial charge < -0.3 is 10.1 Å². The van der Waals surface area contributed by atoms with E-state index in [4.69, 9.17) is 4.74 Å². The monoisotopic (exact) mass is 425 g/mol. The number of aromatic nitrogens is 2. The first-order valence-corrected chi connectivity index (χ1v) is 9.91. The summed E-state index contributed by atoms with van der Waals surface area (Å²) in [4.78, 5) is 12.4. The Morgan fingerprint density at radius 2 is 1.90 bits per heavy atom. The van der Waals surface area contributed by atoms with Crippen molar-refractivity contribution < 1.29 is 27.1 Å². The van der Waals surface area contributed by atoms with Crippen LogP contribution in [-0.4, -0.2) is 34.6 Å². The van der Waals surface area contributed by atoms with Crippen LogP contribution in [0.1, 0.15) is 43.6 Å². The maximum atomic E-state index is 13.6. The Labute approximate surface area is 171 Å². The number of halogens is 4. The number of carbonyl (C=O) groups is 1. The third kappa shape index (κ3) is 3.33. The first-order chi connectivity index (χ1) is 14.1. The second-order valence-electron chi connectivity index (χ2n) is 8.07. The van der Waals surface area contributed by atoms with Crippen LogP contribution >= 0.6 is 0 Å².